The van der Waals surface area contributed by atoms with Gasteiger partial charge >= 0.3 is 5.97 Å². The van der Waals surface area contributed by atoms with Gasteiger partial charge in [-0.2, -0.15) is 0 Å². The number of methoxy groups -OCH3 is 1. The second-order valence-corrected chi connectivity index (χ2v) is 8.69. The van der Waals surface area contributed by atoms with E-state index in [4.69, 9.17) is 16.3 Å². The van der Waals surface area contributed by atoms with E-state index in [0.717, 1.165) is 12.1 Å². The van der Waals surface area contributed by atoms with Crippen LogP contribution in [-0.4, -0.2) is 27.4 Å². The van der Waals surface area contributed by atoms with Gasteiger partial charge in [-0.25, -0.2) is 17.6 Å². The predicted octanol–water partition coefficient (Wildman–Crippen LogP) is 4.00. The van der Waals surface area contributed by atoms with E-state index in [9.17, 15) is 22.4 Å². The van der Waals surface area contributed by atoms with E-state index in [1.807, 2.05) is 0 Å². The van der Waals surface area contributed by atoms with Gasteiger partial charge in [-0.15, -0.1) is 0 Å². The van der Waals surface area contributed by atoms with Crippen molar-refractivity contribution >= 4 is 39.2 Å². The Morgan fingerprint density at radius 1 is 1.00 bits per heavy atom. The first-order chi connectivity index (χ1) is 15.2. The third-order valence-electron chi connectivity index (χ3n) is 4.35. The molecule has 7 nitrogen and oxygen atoms in total. The molecule has 2 N–H and O–H groups in total. The molecule has 0 aliphatic rings. The molecule has 0 aromatic heterocycles. The van der Waals surface area contributed by atoms with Crippen LogP contribution < -0.4 is 10.0 Å². The molecule has 166 valence electrons. The number of carbonyl (C=O) groups excluding carboxylic acids is 2. The highest BCUT2D eigenvalue weighted by molar-refractivity contribution is 7.92. The van der Waals surface area contributed by atoms with Gasteiger partial charge in [-0.05, 0) is 60.2 Å². The first-order valence-electron chi connectivity index (χ1n) is 9.23. The minimum absolute atomic E-state index is 0.0259. The maximum Gasteiger partial charge on any atom is 0.337 e. The molecular formula is C22H18ClFN2O5S. The Balaban J connectivity index is 1.86. The fourth-order valence-electron chi connectivity index (χ4n) is 2.85. The van der Waals surface area contributed by atoms with E-state index in [1.165, 1.54) is 55.6 Å². The van der Waals surface area contributed by atoms with Crippen LogP contribution in [0.1, 0.15) is 26.3 Å². The van der Waals surface area contributed by atoms with E-state index in [-0.39, 0.29) is 33.3 Å². The summed E-state index contributed by atoms with van der Waals surface area (Å²) in [5, 5.41) is 2.68. The number of carbonyl (C=O) groups is 2. The molecule has 0 spiro atoms. The molecule has 32 heavy (non-hydrogen) atoms. The lowest BCUT2D eigenvalue weighted by atomic mass is 10.1. The summed E-state index contributed by atoms with van der Waals surface area (Å²) < 4.78 is 45.7. The largest absolute Gasteiger partial charge is 0.465 e. The number of halogens is 2. The van der Waals surface area contributed by atoms with E-state index in [0.29, 0.717) is 5.56 Å². The zero-order chi connectivity index (χ0) is 23.3. The summed E-state index contributed by atoms with van der Waals surface area (Å²) in [4.78, 5) is 24.2. The van der Waals surface area contributed by atoms with Crippen LogP contribution in [0.15, 0.2) is 71.6 Å². The van der Waals surface area contributed by atoms with Crippen molar-refractivity contribution in [2.75, 3.05) is 11.8 Å². The van der Waals surface area contributed by atoms with Gasteiger partial charge in [-0.1, -0.05) is 23.7 Å². The summed E-state index contributed by atoms with van der Waals surface area (Å²) in [7, 11) is -2.85. The van der Waals surface area contributed by atoms with E-state index in [2.05, 4.69) is 10.0 Å². The average Bonchev–Trinajstić information content (AvgIpc) is 2.77. The standard InChI is InChI=1S/C22H18ClFN2O5S/c1-31-22(28)16-10-14(13-25-21(27)15-6-8-17(24)9-7-15)11-18(12-16)26-32(29,30)20-5-3-2-4-19(20)23/h2-12,26H,13H2,1H3,(H,25,27). The zero-order valence-electron chi connectivity index (χ0n) is 16.8. The molecule has 3 rings (SSSR count). The van der Waals surface area contributed by atoms with Gasteiger partial charge in [0.15, 0.2) is 0 Å². The third-order valence-corrected chi connectivity index (χ3v) is 6.23. The molecule has 0 atom stereocenters. The number of rotatable bonds is 7. The van der Waals surface area contributed by atoms with Crippen LogP contribution in [0.2, 0.25) is 5.02 Å². The second-order valence-electron chi connectivity index (χ2n) is 6.64. The predicted molar refractivity (Wildman–Crippen MR) is 118 cm³/mol. The number of ether oxygens (including phenoxy) is 1. The molecule has 10 heteroatoms. The second kappa shape index (κ2) is 9.80. The Labute approximate surface area is 189 Å². The minimum Gasteiger partial charge on any atom is -0.465 e. The number of hydrogen-bond acceptors (Lipinski definition) is 5. The fourth-order valence-corrected chi connectivity index (χ4v) is 4.41. The van der Waals surface area contributed by atoms with Crippen molar-refractivity contribution in [3.63, 3.8) is 0 Å². The van der Waals surface area contributed by atoms with Crippen LogP contribution in [0, 0.1) is 5.82 Å². The van der Waals surface area contributed by atoms with E-state index in [1.54, 1.807) is 6.07 Å². The van der Waals surface area contributed by atoms with Crippen molar-refractivity contribution in [1.29, 1.82) is 0 Å². The van der Waals surface area contributed by atoms with Crippen molar-refractivity contribution in [2.24, 2.45) is 0 Å². The molecule has 0 saturated carbocycles. The van der Waals surface area contributed by atoms with Crippen molar-refractivity contribution < 1.29 is 27.1 Å². The molecule has 0 aliphatic heterocycles. The number of nitrogens with one attached hydrogen (secondary N) is 2. The Morgan fingerprint density at radius 2 is 1.69 bits per heavy atom. The maximum absolute atomic E-state index is 13.0. The average molecular weight is 477 g/mol. The fraction of sp³-hybridized carbons (Fsp3) is 0.0909. The summed E-state index contributed by atoms with van der Waals surface area (Å²) in [6.07, 6.45) is 0. The van der Waals surface area contributed by atoms with Crippen LogP contribution >= 0.6 is 11.6 Å². The van der Waals surface area contributed by atoms with Gasteiger partial charge in [0.25, 0.3) is 15.9 Å². The summed E-state index contributed by atoms with van der Waals surface area (Å²) in [6, 6.07) is 15.1. The van der Waals surface area contributed by atoms with Crippen molar-refractivity contribution in [2.45, 2.75) is 11.4 Å². The molecule has 0 unspecified atom stereocenters. The van der Waals surface area contributed by atoms with Crippen LogP contribution in [-0.2, 0) is 21.3 Å². The Kier molecular flexibility index (Phi) is 7.12. The SMILES string of the molecule is COC(=O)c1cc(CNC(=O)c2ccc(F)cc2)cc(NS(=O)(=O)c2ccccc2Cl)c1. The van der Waals surface area contributed by atoms with Gasteiger partial charge in [-0.3, -0.25) is 9.52 Å². The number of esters is 1. The summed E-state index contributed by atoms with van der Waals surface area (Å²) in [6.45, 7) is -0.0259. The van der Waals surface area contributed by atoms with Crippen molar-refractivity contribution in [3.8, 4) is 0 Å². The molecule has 0 radical (unpaired) electrons. The molecule has 1 amide bonds. The number of benzene rings is 3. The van der Waals surface area contributed by atoms with Crippen molar-refractivity contribution in [3.05, 3.63) is 94.3 Å². The third kappa shape index (κ3) is 5.63. The number of sulfonamides is 1. The van der Waals surface area contributed by atoms with Crippen LogP contribution in [0.25, 0.3) is 0 Å². The summed E-state index contributed by atoms with van der Waals surface area (Å²) in [5.41, 5.74) is 0.840. The highest BCUT2D eigenvalue weighted by atomic mass is 35.5. The molecule has 3 aromatic carbocycles. The van der Waals surface area contributed by atoms with Gasteiger partial charge in [0.05, 0.1) is 23.4 Å². The highest BCUT2D eigenvalue weighted by Gasteiger charge is 2.19. The normalized spacial score (nSPS) is 11.0. The molecule has 0 aliphatic carbocycles. The Hall–Kier alpha value is -3.43. The summed E-state index contributed by atoms with van der Waals surface area (Å²) in [5.74, 6) is -1.62. The van der Waals surface area contributed by atoms with Crippen LogP contribution in [0.5, 0.6) is 0 Å². The quantitative estimate of drug-likeness (QED) is 0.502. The maximum atomic E-state index is 13.0. The number of amides is 1. The first-order valence-corrected chi connectivity index (χ1v) is 11.1. The molecule has 0 heterocycles. The lowest BCUT2D eigenvalue weighted by Gasteiger charge is -2.13. The van der Waals surface area contributed by atoms with Gasteiger partial charge in [0, 0.05) is 12.1 Å². The molecule has 0 bridgehead atoms. The monoisotopic (exact) mass is 476 g/mol. The summed E-state index contributed by atoms with van der Waals surface area (Å²) >= 11 is 6.00. The van der Waals surface area contributed by atoms with Gasteiger partial charge in [0.1, 0.15) is 10.7 Å². The van der Waals surface area contributed by atoms with E-state index >= 15 is 0 Å². The molecule has 3 aromatic rings. The Bertz CT molecular complexity index is 1260. The topological polar surface area (TPSA) is 102 Å². The smallest absolute Gasteiger partial charge is 0.337 e. The number of hydrogen-bond donors (Lipinski definition) is 2. The Morgan fingerprint density at radius 3 is 2.34 bits per heavy atom. The minimum atomic E-state index is -4.05. The lowest BCUT2D eigenvalue weighted by Crippen LogP contribution is -2.23. The lowest BCUT2D eigenvalue weighted by molar-refractivity contribution is 0.0600. The molecular weight excluding hydrogens is 459 g/mol. The van der Waals surface area contributed by atoms with Gasteiger partial charge < -0.3 is 10.1 Å². The zero-order valence-corrected chi connectivity index (χ0v) is 18.3. The molecule has 0 saturated heterocycles. The highest BCUT2D eigenvalue weighted by Crippen LogP contribution is 2.25. The van der Waals surface area contributed by atoms with Crippen LogP contribution in [0.3, 0.4) is 0 Å². The van der Waals surface area contributed by atoms with Crippen LogP contribution in [0.4, 0.5) is 10.1 Å². The van der Waals surface area contributed by atoms with E-state index < -0.39 is 27.7 Å². The van der Waals surface area contributed by atoms with Gasteiger partial charge in [0.2, 0.25) is 0 Å². The van der Waals surface area contributed by atoms with Crippen molar-refractivity contribution in [1.82, 2.24) is 5.32 Å². The first kappa shape index (κ1) is 23.2. The number of anilines is 1. The molecule has 0 fully saturated rings.